The Morgan fingerprint density at radius 1 is 1.08 bits per heavy atom. The van der Waals surface area contributed by atoms with Gasteiger partial charge >= 0.3 is 11.9 Å². The highest BCUT2D eigenvalue weighted by atomic mass is 32.2. The lowest BCUT2D eigenvalue weighted by Crippen LogP contribution is -2.50. The number of carbonyl (C=O) groups is 3. The lowest BCUT2D eigenvalue weighted by atomic mass is 9.90. The molecule has 1 aliphatic carbocycles. The second kappa shape index (κ2) is 8.43. The summed E-state index contributed by atoms with van der Waals surface area (Å²) in [5.74, 6) is -1.45. The van der Waals surface area contributed by atoms with Crippen LogP contribution in [0.4, 0.5) is 0 Å². The maximum atomic E-state index is 12.8. The third-order valence-corrected chi connectivity index (χ3v) is 5.32. The third-order valence-electron chi connectivity index (χ3n) is 4.01. The van der Waals surface area contributed by atoms with Gasteiger partial charge in [0.2, 0.25) is 0 Å². The molecular weight excluding hydrogens is 342 g/mol. The van der Waals surface area contributed by atoms with Gasteiger partial charge in [-0.3, -0.25) is 9.59 Å². The second-order valence-corrected chi connectivity index (χ2v) is 9.95. The number of nitrogens with zero attached hydrogens (tertiary/aromatic N) is 1. The predicted octanol–water partition coefficient (Wildman–Crippen LogP) is 3.49. The van der Waals surface area contributed by atoms with Crippen LogP contribution < -0.4 is 0 Å². The summed E-state index contributed by atoms with van der Waals surface area (Å²) in [5, 5.41) is 10.3. The van der Waals surface area contributed by atoms with Crippen molar-refractivity contribution >= 4 is 29.6 Å². The number of hydrogen-bond donors (Lipinski definition) is 1. The number of carbonyl (C=O) groups excluding carboxylic acids is 2. The van der Waals surface area contributed by atoms with Gasteiger partial charge in [-0.05, 0) is 40.0 Å². The van der Waals surface area contributed by atoms with Crippen molar-refractivity contribution < 1.29 is 24.3 Å². The molecule has 2 unspecified atom stereocenters. The first-order valence-electron chi connectivity index (χ1n) is 8.72. The third kappa shape index (κ3) is 6.88. The smallest absolute Gasteiger partial charge is 0.337 e. The van der Waals surface area contributed by atoms with E-state index in [1.165, 1.54) is 16.8 Å². The molecule has 25 heavy (non-hydrogen) atoms. The van der Waals surface area contributed by atoms with Gasteiger partial charge in [0.05, 0.1) is 17.2 Å². The summed E-state index contributed by atoms with van der Waals surface area (Å²) in [6, 6.07) is -0.210. The van der Waals surface area contributed by atoms with E-state index in [0.717, 1.165) is 19.3 Å². The quantitative estimate of drug-likeness (QED) is 0.759. The maximum absolute atomic E-state index is 12.8. The zero-order valence-corrected chi connectivity index (χ0v) is 16.9. The summed E-state index contributed by atoms with van der Waals surface area (Å²) in [6.07, 6.45) is 3.18. The minimum Gasteiger partial charge on any atom is -0.481 e. The van der Waals surface area contributed by atoms with Crippen LogP contribution in [-0.2, 0) is 19.2 Å². The van der Waals surface area contributed by atoms with E-state index in [1.807, 2.05) is 0 Å². The van der Waals surface area contributed by atoms with Gasteiger partial charge in [-0.15, -0.1) is 11.8 Å². The highest BCUT2D eigenvalue weighted by Gasteiger charge is 2.39. The first-order valence-corrected chi connectivity index (χ1v) is 9.76. The molecule has 6 nitrogen and oxygen atoms in total. The number of carboxylic acid groups (broad SMARTS) is 1. The Kier molecular flexibility index (Phi) is 7.35. The maximum Gasteiger partial charge on any atom is 0.337 e. The molecule has 1 fully saturated rings. The number of aliphatic carboxylic acids is 1. The molecule has 0 spiro atoms. The molecule has 1 rings (SSSR count). The largest absolute Gasteiger partial charge is 0.481 e. The fourth-order valence-electron chi connectivity index (χ4n) is 2.51. The van der Waals surface area contributed by atoms with Crippen LogP contribution in [0.15, 0.2) is 0 Å². The molecule has 0 aliphatic heterocycles. The summed E-state index contributed by atoms with van der Waals surface area (Å²) < 4.78 is 0. The Bertz CT molecular complexity index is 507. The van der Waals surface area contributed by atoms with E-state index in [9.17, 15) is 14.4 Å². The highest BCUT2D eigenvalue weighted by Crippen LogP contribution is 2.34. The van der Waals surface area contributed by atoms with Crippen LogP contribution in [0.5, 0.6) is 0 Å². The molecule has 0 bridgehead atoms. The monoisotopic (exact) mass is 373 g/mol. The van der Waals surface area contributed by atoms with Crippen molar-refractivity contribution in [3.05, 3.63) is 0 Å². The highest BCUT2D eigenvalue weighted by molar-refractivity contribution is 8.00. The molecule has 0 heterocycles. The Labute approximate surface area is 154 Å². The first kappa shape index (κ1) is 21.8. The Morgan fingerprint density at radius 3 is 2.16 bits per heavy atom. The van der Waals surface area contributed by atoms with E-state index in [1.54, 1.807) is 41.5 Å². The van der Waals surface area contributed by atoms with Gasteiger partial charge in [0, 0.05) is 10.7 Å². The summed E-state index contributed by atoms with van der Waals surface area (Å²) >= 11 is 1.39. The van der Waals surface area contributed by atoms with Gasteiger partial charge in [-0.1, -0.05) is 27.2 Å². The standard InChI is InChI=1S/C18H31NO5S/c1-17(2,3)15(22)19(24-16(23)18(4,5)6)12-8-7-9-13(10-12)25-11-14(20)21/h12-13H,7-11H2,1-6H3,(H,20,21). The molecule has 0 saturated heterocycles. The normalized spacial score (nSPS) is 21.5. The molecule has 1 amide bonds. The van der Waals surface area contributed by atoms with Gasteiger partial charge in [-0.25, -0.2) is 4.79 Å². The van der Waals surface area contributed by atoms with E-state index in [2.05, 4.69) is 0 Å². The van der Waals surface area contributed by atoms with E-state index >= 15 is 0 Å². The lowest BCUT2D eigenvalue weighted by Gasteiger charge is -2.39. The molecule has 0 aromatic carbocycles. The van der Waals surface area contributed by atoms with Gasteiger partial charge in [0.1, 0.15) is 0 Å². The van der Waals surface area contributed by atoms with Crippen LogP contribution in [0.25, 0.3) is 0 Å². The average molecular weight is 374 g/mol. The molecule has 2 atom stereocenters. The topological polar surface area (TPSA) is 83.9 Å². The van der Waals surface area contributed by atoms with Gasteiger partial charge < -0.3 is 9.94 Å². The van der Waals surface area contributed by atoms with Crippen molar-refractivity contribution in [1.29, 1.82) is 0 Å². The Balaban J connectivity index is 2.92. The lowest BCUT2D eigenvalue weighted by molar-refractivity contribution is -0.221. The van der Waals surface area contributed by atoms with E-state index in [0.29, 0.717) is 6.42 Å². The van der Waals surface area contributed by atoms with Crippen molar-refractivity contribution in [2.45, 2.75) is 78.5 Å². The summed E-state index contributed by atoms with van der Waals surface area (Å²) in [5.41, 5.74) is -1.37. The van der Waals surface area contributed by atoms with Gasteiger partial charge in [0.15, 0.2) is 0 Å². The van der Waals surface area contributed by atoms with Crippen LogP contribution in [0, 0.1) is 10.8 Å². The van der Waals surface area contributed by atoms with Gasteiger partial charge in [0.25, 0.3) is 5.91 Å². The van der Waals surface area contributed by atoms with Gasteiger partial charge in [-0.2, -0.15) is 5.06 Å². The van der Waals surface area contributed by atoms with Crippen LogP contribution in [0.3, 0.4) is 0 Å². The van der Waals surface area contributed by atoms with Crippen molar-refractivity contribution in [3.63, 3.8) is 0 Å². The fourth-order valence-corrected chi connectivity index (χ4v) is 3.58. The summed E-state index contributed by atoms with van der Waals surface area (Å²) in [6.45, 7) is 10.6. The molecule has 1 aliphatic rings. The van der Waals surface area contributed by atoms with Crippen LogP contribution in [0.2, 0.25) is 0 Å². The number of thioether (sulfide) groups is 1. The molecular formula is C18H31NO5S. The number of hydrogen-bond acceptors (Lipinski definition) is 5. The van der Waals surface area contributed by atoms with Crippen LogP contribution in [-0.4, -0.2) is 45.1 Å². The molecule has 7 heteroatoms. The molecule has 0 aromatic rings. The number of rotatable bonds is 4. The van der Waals surface area contributed by atoms with Crippen molar-refractivity contribution in [2.75, 3.05) is 5.75 Å². The SMILES string of the molecule is CC(C)(C)C(=O)ON(C(=O)C(C)(C)C)C1CCCC(SCC(=O)O)C1. The van der Waals surface area contributed by atoms with Crippen molar-refractivity contribution in [3.8, 4) is 0 Å². The molecule has 1 N–H and O–H groups in total. The van der Waals surface area contributed by atoms with Crippen molar-refractivity contribution in [1.82, 2.24) is 5.06 Å². The molecule has 1 saturated carbocycles. The van der Waals surface area contributed by atoms with Crippen LogP contribution >= 0.6 is 11.8 Å². The second-order valence-electron chi connectivity index (χ2n) is 8.66. The zero-order valence-electron chi connectivity index (χ0n) is 16.1. The number of hydroxylamine groups is 2. The molecule has 0 aromatic heterocycles. The fraction of sp³-hybridized carbons (Fsp3) is 0.833. The first-order chi connectivity index (χ1) is 11.3. The Morgan fingerprint density at radius 2 is 1.68 bits per heavy atom. The zero-order chi connectivity index (χ0) is 19.4. The Hall–Kier alpha value is -1.24. The molecule has 0 radical (unpaired) electrons. The van der Waals surface area contributed by atoms with Crippen molar-refractivity contribution in [2.24, 2.45) is 10.8 Å². The van der Waals surface area contributed by atoms with E-state index in [-0.39, 0.29) is 23.0 Å². The summed E-state index contributed by atoms with van der Waals surface area (Å²) in [4.78, 5) is 41.5. The number of carboxylic acids is 1. The molecule has 144 valence electrons. The minimum absolute atomic E-state index is 0.0480. The van der Waals surface area contributed by atoms with Crippen LogP contribution in [0.1, 0.15) is 67.2 Å². The van der Waals surface area contributed by atoms with E-state index < -0.39 is 22.8 Å². The van der Waals surface area contributed by atoms with E-state index in [4.69, 9.17) is 9.94 Å². The number of amides is 1. The summed E-state index contributed by atoms with van der Waals surface area (Å²) in [7, 11) is 0. The average Bonchev–Trinajstić information content (AvgIpc) is 2.48. The minimum atomic E-state index is -0.839. The predicted molar refractivity (Wildman–Crippen MR) is 98.0 cm³/mol.